The van der Waals surface area contributed by atoms with E-state index >= 15 is 0 Å². The molecule has 80 valence electrons. The highest BCUT2D eigenvalue weighted by Gasteiger charge is 2.01. The first-order chi connectivity index (χ1) is 7.33. The Labute approximate surface area is 89.4 Å². The van der Waals surface area contributed by atoms with E-state index in [1.54, 1.807) is 0 Å². The van der Waals surface area contributed by atoms with Crippen LogP contribution in [0.25, 0.3) is 10.9 Å². The lowest BCUT2D eigenvalue weighted by atomic mass is 10.2. The lowest BCUT2D eigenvalue weighted by molar-refractivity contribution is 0.341. The SMILES string of the molecule is CCOc1ccc2[nH]c(CNC)cc2c1. The van der Waals surface area contributed by atoms with E-state index in [1.807, 2.05) is 20.0 Å². The average Bonchev–Trinajstić information content (AvgIpc) is 2.60. The van der Waals surface area contributed by atoms with Gasteiger partial charge in [-0.1, -0.05) is 0 Å². The summed E-state index contributed by atoms with van der Waals surface area (Å²) in [5.41, 5.74) is 2.35. The third-order valence-corrected chi connectivity index (χ3v) is 2.33. The molecule has 0 aliphatic heterocycles. The number of ether oxygens (including phenoxy) is 1. The van der Waals surface area contributed by atoms with Crippen LogP contribution in [-0.2, 0) is 6.54 Å². The van der Waals surface area contributed by atoms with Crippen LogP contribution in [0.3, 0.4) is 0 Å². The fourth-order valence-corrected chi connectivity index (χ4v) is 1.71. The summed E-state index contributed by atoms with van der Waals surface area (Å²) in [7, 11) is 1.94. The van der Waals surface area contributed by atoms with E-state index in [0.717, 1.165) is 17.8 Å². The van der Waals surface area contributed by atoms with Crippen molar-refractivity contribution in [3.63, 3.8) is 0 Å². The van der Waals surface area contributed by atoms with E-state index in [-0.39, 0.29) is 0 Å². The van der Waals surface area contributed by atoms with Crippen LogP contribution in [0.15, 0.2) is 24.3 Å². The first kappa shape index (κ1) is 10.1. The Kier molecular flexibility index (Phi) is 2.92. The highest BCUT2D eigenvalue weighted by molar-refractivity contribution is 5.81. The molecule has 0 unspecified atom stereocenters. The van der Waals surface area contributed by atoms with Gasteiger partial charge >= 0.3 is 0 Å². The lowest BCUT2D eigenvalue weighted by Gasteiger charge is -2.01. The predicted molar refractivity (Wildman–Crippen MR) is 62.2 cm³/mol. The molecule has 0 bridgehead atoms. The minimum atomic E-state index is 0.708. The van der Waals surface area contributed by atoms with Gasteiger partial charge in [-0.3, -0.25) is 0 Å². The van der Waals surface area contributed by atoms with Crippen LogP contribution < -0.4 is 10.1 Å². The Morgan fingerprint density at radius 2 is 2.20 bits per heavy atom. The third-order valence-electron chi connectivity index (χ3n) is 2.33. The number of benzene rings is 1. The van der Waals surface area contributed by atoms with Crippen LogP contribution in [0.2, 0.25) is 0 Å². The summed E-state index contributed by atoms with van der Waals surface area (Å²) in [6, 6.07) is 8.26. The van der Waals surface area contributed by atoms with E-state index in [2.05, 4.69) is 28.5 Å². The molecule has 0 amide bonds. The number of aromatic amines is 1. The van der Waals surface area contributed by atoms with E-state index in [9.17, 15) is 0 Å². The number of H-pyrrole nitrogens is 1. The van der Waals surface area contributed by atoms with Gasteiger partial charge in [0.15, 0.2) is 0 Å². The van der Waals surface area contributed by atoms with Gasteiger partial charge in [-0.25, -0.2) is 0 Å². The number of fused-ring (bicyclic) bond motifs is 1. The minimum Gasteiger partial charge on any atom is -0.494 e. The van der Waals surface area contributed by atoms with Gasteiger partial charge in [-0.15, -0.1) is 0 Å². The van der Waals surface area contributed by atoms with Gasteiger partial charge in [0, 0.05) is 23.1 Å². The van der Waals surface area contributed by atoms with Crippen LogP contribution in [-0.4, -0.2) is 18.6 Å². The third kappa shape index (κ3) is 2.13. The zero-order valence-corrected chi connectivity index (χ0v) is 9.13. The Balaban J connectivity index is 2.34. The van der Waals surface area contributed by atoms with Crippen molar-refractivity contribution in [1.29, 1.82) is 0 Å². The van der Waals surface area contributed by atoms with Crippen molar-refractivity contribution in [3.8, 4) is 5.75 Å². The normalized spacial score (nSPS) is 10.8. The second-order valence-electron chi connectivity index (χ2n) is 3.51. The molecule has 0 aliphatic rings. The molecule has 1 aromatic carbocycles. The zero-order chi connectivity index (χ0) is 10.7. The van der Waals surface area contributed by atoms with Gasteiger partial charge in [-0.2, -0.15) is 0 Å². The largest absolute Gasteiger partial charge is 0.494 e. The Morgan fingerprint density at radius 1 is 1.33 bits per heavy atom. The standard InChI is InChI=1S/C12H16N2O/c1-3-15-11-4-5-12-9(7-11)6-10(14-12)8-13-2/h4-7,13-14H,3,8H2,1-2H3. The number of aromatic nitrogens is 1. The van der Waals surface area contributed by atoms with Crippen LogP contribution in [0, 0.1) is 0 Å². The molecule has 0 fully saturated rings. The van der Waals surface area contributed by atoms with E-state index < -0.39 is 0 Å². The molecule has 3 heteroatoms. The van der Waals surface area contributed by atoms with Gasteiger partial charge in [0.25, 0.3) is 0 Å². The smallest absolute Gasteiger partial charge is 0.120 e. The number of hydrogen-bond donors (Lipinski definition) is 2. The molecule has 0 atom stereocenters. The van der Waals surface area contributed by atoms with Crippen molar-refractivity contribution in [2.75, 3.05) is 13.7 Å². The fraction of sp³-hybridized carbons (Fsp3) is 0.333. The summed E-state index contributed by atoms with van der Waals surface area (Å²) in [6.45, 7) is 3.56. The number of nitrogens with one attached hydrogen (secondary N) is 2. The quantitative estimate of drug-likeness (QED) is 0.801. The van der Waals surface area contributed by atoms with Crippen LogP contribution in [0.4, 0.5) is 0 Å². The molecule has 15 heavy (non-hydrogen) atoms. The van der Waals surface area contributed by atoms with Gasteiger partial charge < -0.3 is 15.0 Å². The molecule has 0 radical (unpaired) electrons. The van der Waals surface area contributed by atoms with Gasteiger partial charge in [0.05, 0.1) is 6.61 Å². The highest BCUT2D eigenvalue weighted by atomic mass is 16.5. The van der Waals surface area contributed by atoms with Crippen molar-refractivity contribution >= 4 is 10.9 Å². The minimum absolute atomic E-state index is 0.708. The van der Waals surface area contributed by atoms with Crippen LogP contribution >= 0.6 is 0 Å². The first-order valence-electron chi connectivity index (χ1n) is 5.22. The van der Waals surface area contributed by atoms with Crippen LogP contribution in [0.1, 0.15) is 12.6 Å². The summed E-state index contributed by atoms with van der Waals surface area (Å²) >= 11 is 0. The molecule has 0 spiro atoms. The van der Waals surface area contributed by atoms with Crippen molar-refractivity contribution < 1.29 is 4.74 Å². The molecular weight excluding hydrogens is 188 g/mol. The Hall–Kier alpha value is -1.48. The molecule has 2 N–H and O–H groups in total. The molecule has 1 heterocycles. The van der Waals surface area contributed by atoms with Crippen molar-refractivity contribution in [2.45, 2.75) is 13.5 Å². The zero-order valence-electron chi connectivity index (χ0n) is 9.13. The van der Waals surface area contributed by atoms with E-state index in [0.29, 0.717) is 6.61 Å². The second kappa shape index (κ2) is 4.36. The Bertz CT molecular complexity index is 444. The second-order valence-corrected chi connectivity index (χ2v) is 3.51. The molecule has 0 saturated carbocycles. The monoisotopic (exact) mass is 204 g/mol. The summed E-state index contributed by atoms with van der Waals surface area (Å²) in [6.07, 6.45) is 0. The molecule has 2 aromatic rings. The van der Waals surface area contributed by atoms with Gasteiger partial charge in [0.1, 0.15) is 5.75 Å². The maximum atomic E-state index is 5.45. The van der Waals surface area contributed by atoms with E-state index in [1.165, 1.54) is 11.1 Å². The molecule has 0 aliphatic carbocycles. The fourth-order valence-electron chi connectivity index (χ4n) is 1.71. The van der Waals surface area contributed by atoms with Gasteiger partial charge in [-0.05, 0) is 38.2 Å². The molecular formula is C12H16N2O. The topological polar surface area (TPSA) is 37.0 Å². The van der Waals surface area contributed by atoms with Crippen molar-refractivity contribution in [1.82, 2.24) is 10.3 Å². The number of rotatable bonds is 4. The summed E-state index contributed by atoms with van der Waals surface area (Å²) in [5, 5.41) is 4.32. The molecule has 0 saturated heterocycles. The van der Waals surface area contributed by atoms with Crippen LogP contribution in [0.5, 0.6) is 5.75 Å². The van der Waals surface area contributed by atoms with Gasteiger partial charge in [0.2, 0.25) is 0 Å². The maximum absolute atomic E-state index is 5.45. The highest BCUT2D eigenvalue weighted by Crippen LogP contribution is 2.21. The summed E-state index contributed by atoms with van der Waals surface area (Å²) < 4.78 is 5.45. The predicted octanol–water partition coefficient (Wildman–Crippen LogP) is 2.29. The molecule has 1 aromatic heterocycles. The maximum Gasteiger partial charge on any atom is 0.120 e. The Morgan fingerprint density at radius 3 is 2.93 bits per heavy atom. The summed E-state index contributed by atoms with van der Waals surface area (Å²) in [5.74, 6) is 0.931. The lowest BCUT2D eigenvalue weighted by Crippen LogP contribution is -2.04. The summed E-state index contributed by atoms with van der Waals surface area (Å²) in [4.78, 5) is 3.35. The van der Waals surface area contributed by atoms with Crippen molar-refractivity contribution in [3.05, 3.63) is 30.0 Å². The van der Waals surface area contributed by atoms with E-state index in [4.69, 9.17) is 4.74 Å². The first-order valence-corrected chi connectivity index (χ1v) is 5.22. The van der Waals surface area contributed by atoms with Crippen molar-refractivity contribution in [2.24, 2.45) is 0 Å². The molecule has 3 nitrogen and oxygen atoms in total. The molecule has 2 rings (SSSR count). The average molecular weight is 204 g/mol. The number of hydrogen-bond acceptors (Lipinski definition) is 2.